The van der Waals surface area contributed by atoms with E-state index >= 15 is 0 Å². The summed E-state index contributed by atoms with van der Waals surface area (Å²) in [6.45, 7) is 1.20. The zero-order valence-electron chi connectivity index (χ0n) is 10.2. The van der Waals surface area contributed by atoms with Gasteiger partial charge in [0.1, 0.15) is 0 Å². The van der Waals surface area contributed by atoms with Crippen molar-refractivity contribution in [3.63, 3.8) is 0 Å². The summed E-state index contributed by atoms with van der Waals surface area (Å²) in [6, 6.07) is 7.49. The van der Waals surface area contributed by atoms with Crippen LogP contribution in [0.15, 0.2) is 18.2 Å². The van der Waals surface area contributed by atoms with Crippen molar-refractivity contribution in [2.45, 2.75) is 31.2 Å². The average molecular weight is 242 g/mol. The summed E-state index contributed by atoms with van der Waals surface area (Å²) in [4.78, 5) is 3.60. The van der Waals surface area contributed by atoms with Crippen LogP contribution in [0.3, 0.4) is 0 Å². The Labute approximate surface area is 104 Å². The molecular weight excluding hydrogens is 224 g/mol. The summed E-state index contributed by atoms with van der Waals surface area (Å²) >= 11 is 0. The first-order valence-corrected chi connectivity index (χ1v) is 7.68. The van der Waals surface area contributed by atoms with E-state index in [4.69, 9.17) is 0 Å². The summed E-state index contributed by atoms with van der Waals surface area (Å²) in [5, 5.41) is 6.78. The van der Waals surface area contributed by atoms with Gasteiger partial charge in [0, 0.05) is 22.9 Å². The first kappa shape index (κ1) is 9.92. The molecule has 0 saturated carbocycles. The van der Waals surface area contributed by atoms with E-state index < -0.39 is 0 Å². The molecule has 1 fully saturated rings. The van der Waals surface area contributed by atoms with Gasteiger partial charge in [-0.2, -0.15) is 0 Å². The molecule has 2 nitrogen and oxygen atoms in total. The highest BCUT2D eigenvalue weighted by atomic mass is 28.1. The molecule has 2 N–H and O–H groups in total. The third-order valence-electron chi connectivity index (χ3n) is 4.58. The van der Waals surface area contributed by atoms with Gasteiger partial charge in [-0.1, -0.05) is 12.1 Å². The number of hydrogen-bond donors (Lipinski definition) is 2. The predicted molar refractivity (Wildman–Crippen MR) is 75.3 cm³/mol. The van der Waals surface area contributed by atoms with Crippen LogP contribution in [0.1, 0.15) is 29.9 Å². The van der Waals surface area contributed by atoms with Gasteiger partial charge in [-0.3, -0.25) is 0 Å². The number of aromatic amines is 1. The van der Waals surface area contributed by atoms with Gasteiger partial charge in [-0.05, 0) is 48.3 Å². The highest BCUT2D eigenvalue weighted by Crippen LogP contribution is 2.39. The van der Waals surface area contributed by atoms with E-state index in [1.165, 1.54) is 36.6 Å². The molecule has 1 unspecified atom stereocenters. The largest absolute Gasteiger partial charge is 0.363 e. The van der Waals surface area contributed by atoms with Crippen LogP contribution in [0.25, 0.3) is 10.9 Å². The summed E-state index contributed by atoms with van der Waals surface area (Å²) in [5.41, 5.74) is 4.57. The predicted octanol–water partition coefficient (Wildman–Crippen LogP) is 0.550. The van der Waals surface area contributed by atoms with Crippen molar-refractivity contribution < 1.29 is 0 Å². The fourth-order valence-corrected chi connectivity index (χ4v) is 4.52. The normalized spacial score (nSPS) is 27.3. The van der Waals surface area contributed by atoms with Gasteiger partial charge in [-0.25, -0.2) is 0 Å². The third kappa shape index (κ3) is 1.29. The Hall–Kier alpha value is -1.06. The fraction of sp³-hybridized carbons (Fsp3) is 0.429. The van der Waals surface area contributed by atoms with E-state index in [0.29, 0.717) is 6.04 Å². The van der Waals surface area contributed by atoms with Crippen LogP contribution in [-0.4, -0.2) is 27.8 Å². The topological polar surface area (TPSA) is 27.8 Å². The van der Waals surface area contributed by atoms with E-state index in [-0.39, 0.29) is 0 Å². The van der Waals surface area contributed by atoms with Gasteiger partial charge in [0.25, 0.3) is 0 Å². The summed E-state index contributed by atoms with van der Waals surface area (Å²) in [6.07, 6.45) is 3.92. The van der Waals surface area contributed by atoms with Gasteiger partial charge < -0.3 is 10.3 Å². The lowest BCUT2D eigenvalue weighted by molar-refractivity contribution is 0.346. The average Bonchev–Trinajstić information content (AvgIpc) is 2.68. The Morgan fingerprint density at radius 1 is 1.29 bits per heavy atom. The Bertz CT molecular complexity index is 587. The number of piperidine rings is 1. The molecule has 1 aliphatic carbocycles. The minimum absolute atomic E-state index is 0.686. The van der Waals surface area contributed by atoms with Crippen molar-refractivity contribution >= 4 is 26.5 Å². The van der Waals surface area contributed by atoms with Crippen molar-refractivity contribution in [2.24, 2.45) is 0 Å². The maximum absolute atomic E-state index is 3.72. The highest BCUT2D eigenvalue weighted by Gasteiger charge is 2.33. The van der Waals surface area contributed by atoms with Crippen molar-refractivity contribution in [3.05, 3.63) is 29.3 Å². The van der Waals surface area contributed by atoms with Crippen molar-refractivity contribution in [1.29, 1.82) is 0 Å². The van der Waals surface area contributed by atoms with Crippen LogP contribution in [0.5, 0.6) is 0 Å². The molecule has 0 amide bonds. The van der Waals surface area contributed by atoms with E-state index in [9.17, 15) is 0 Å². The minimum Gasteiger partial charge on any atom is -0.363 e. The monoisotopic (exact) mass is 242 g/mol. The summed E-state index contributed by atoms with van der Waals surface area (Å²) in [5.74, 6) is 0.747. The Balaban J connectivity index is 2.01. The number of hydrogen-bond acceptors (Lipinski definition) is 1. The van der Waals surface area contributed by atoms with Crippen LogP contribution in [-0.2, 0) is 6.42 Å². The minimum atomic E-state index is 0.686. The maximum atomic E-state index is 3.72. The second-order valence-corrected chi connectivity index (χ2v) is 6.51. The Morgan fingerprint density at radius 3 is 3.18 bits per heavy atom. The van der Waals surface area contributed by atoms with Crippen molar-refractivity contribution in [2.75, 3.05) is 6.54 Å². The Morgan fingerprint density at radius 2 is 2.24 bits per heavy atom. The molecule has 88 valence electrons. The third-order valence-corrected chi connectivity index (χ3v) is 5.43. The number of rotatable bonds is 0. The van der Waals surface area contributed by atoms with E-state index in [1.54, 1.807) is 16.5 Å². The second kappa shape index (κ2) is 3.46. The molecule has 2 aromatic rings. The molecule has 2 heterocycles. The molecule has 2 atom stereocenters. The van der Waals surface area contributed by atoms with E-state index in [2.05, 4.69) is 28.5 Å². The standard InChI is InChI=1S/C14H18N2Si/c17-14-10-7-12-8(4-2-6-15-12)9-3-1-5-11(16-14)13(9)10/h1,3,5,8,12,15-16H,2,4,6-7H2,17H3/t8?,12-/m1/s1. The van der Waals surface area contributed by atoms with Crippen molar-refractivity contribution in [3.8, 4) is 0 Å². The fourth-order valence-electron chi connectivity index (χ4n) is 3.80. The quantitative estimate of drug-likeness (QED) is 0.649. The lowest BCUT2D eigenvalue weighted by atomic mass is 9.76. The van der Waals surface area contributed by atoms with Gasteiger partial charge in [0.05, 0.1) is 10.2 Å². The molecule has 1 saturated heterocycles. The first-order valence-electron chi connectivity index (χ1n) is 6.68. The second-order valence-electron chi connectivity index (χ2n) is 5.51. The molecule has 1 aliphatic heterocycles. The van der Waals surface area contributed by atoms with Gasteiger partial charge in [0.15, 0.2) is 0 Å². The van der Waals surface area contributed by atoms with Crippen LogP contribution < -0.4 is 10.6 Å². The zero-order chi connectivity index (χ0) is 11.4. The zero-order valence-corrected chi connectivity index (χ0v) is 12.2. The van der Waals surface area contributed by atoms with E-state index in [1.807, 2.05) is 0 Å². The van der Waals surface area contributed by atoms with Crippen LogP contribution in [0.4, 0.5) is 0 Å². The summed E-state index contributed by atoms with van der Waals surface area (Å²) < 4.78 is 0. The lowest BCUT2D eigenvalue weighted by Crippen LogP contribution is -2.43. The lowest BCUT2D eigenvalue weighted by Gasteiger charge is -2.37. The molecule has 1 aromatic carbocycles. The molecule has 17 heavy (non-hydrogen) atoms. The first-order chi connectivity index (χ1) is 8.34. The molecule has 3 heteroatoms. The number of aromatic nitrogens is 1. The number of benzene rings is 1. The SMILES string of the molecule is [SiH3]c1[nH]c2cccc3c2c1C[C@H]1NCCCC31. The van der Waals surface area contributed by atoms with Crippen molar-refractivity contribution in [1.82, 2.24) is 10.3 Å². The molecule has 2 aliphatic rings. The Kier molecular flexibility index (Phi) is 2.02. The van der Waals surface area contributed by atoms with Gasteiger partial charge >= 0.3 is 0 Å². The van der Waals surface area contributed by atoms with Crippen LogP contribution in [0, 0.1) is 0 Å². The molecule has 4 rings (SSSR count). The molecule has 1 aromatic heterocycles. The molecule has 0 bridgehead atoms. The molecule has 0 spiro atoms. The maximum Gasteiger partial charge on any atom is 0.0596 e. The molecule has 0 radical (unpaired) electrons. The number of nitrogens with one attached hydrogen (secondary N) is 2. The van der Waals surface area contributed by atoms with E-state index in [0.717, 1.165) is 16.2 Å². The smallest absolute Gasteiger partial charge is 0.0596 e. The number of fused-ring (bicyclic) bond motifs is 2. The van der Waals surface area contributed by atoms with Gasteiger partial charge in [0.2, 0.25) is 0 Å². The van der Waals surface area contributed by atoms with Gasteiger partial charge in [-0.15, -0.1) is 0 Å². The highest BCUT2D eigenvalue weighted by molar-refractivity contribution is 6.34. The molecular formula is C14H18N2Si. The van der Waals surface area contributed by atoms with Crippen LogP contribution >= 0.6 is 0 Å². The summed E-state index contributed by atoms with van der Waals surface area (Å²) in [7, 11) is 1.13. The van der Waals surface area contributed by atoms with Crippen LogP contribution in [0.2, 0.25) is 0 Å². The number of H-pyrrole nitrogens is 1.